The van der Waals surface area contributed by atoms with Crippen LogP contribution in [0, 0.1) is 0 Å². The van der Waals surface area contributed by atoms with Crippen LogP contribution >= 0.6 is 0 Å². The maximum atomic E-state index is 12.6. The molecule has 0 bridgehead atoms. The van der Waals surface area contributed by atoms with E-state index in [-0.39, 0.29) is 23.9 Å². The monoisotopic (exact) mass is 393 g/mol. The molecule has 3 atom stereocenters. The van der Waals surface area contributed by atoms with Gasteiger partial charge in [0, 0.05) is 31.7 Å². The van der Waals surface area contributed by atoms with Crippen molar-refractivity contribution in [2.45, 2.75) is 57.2 Å². The van der Waals surface area contributed by atoms with Gasteiger partial charge in [-0.1, -0.05) is 13.0 Å². The summed E-state index contributed by atoms with van der Waals surface area (Å²) >= 11 is 0. The van der Waals surface area contributed by atoms with Gasteiger partial charge in [0.15, 0.2) is 0 Å². The molecule has 27 heavy (non-hydrogen) atoms. The molecular formula is C20H31N3O3S. The average molecular weight is 394 g/mol. The first-order valence-electron chi connectivity index (χ1n) is 10.1. The van der Waals surface area contributed by atoms with Crippen LogP contribution in [-0.4, -0.2) is 62.2 Å². The van der Waals surface area contributed by atoms with Crippen molar-refractivity contribution in [2.75, 3.05) is 32.5 Å². The number of benzene rings is 1. The fourth-order valence-electron chi connectivity index (χ4n) is 5.07. The van der Waals surface area contributed by atoms with Crippen molar-refractivity contribution < 1.29 is 13.2 Å². The van der Waals surface area contributed by atoms with Gasteiger partial charge in [-0.3, -0.25) is 4.90 Å². The highest BCUT2D eigenvalue weighted by Gasteiger charge is 2.43. The van der Waals surface area contributed by atoms with Crippen LogP contribution in [0.3, 0.4) is 0 Å². The van der Waals surface area contributed by atoms with Gasteiger partial charge in [0.2, 0.25) is 10.0 Å². The standard InChI is InChI=1S/C20H31N3O3S/c1-3-14-10-15-6-8-22-13-19(23-7-4-5-9-27(23,24)25)17(21)12-18(22)16(15)11-20(14)26-2/h10-11,17-19H,3-9,12-13,21H2,1-2H3/t17-,18-,19-/m0/s1. The van der Waals surface area contributed by atoms with Crippen LogP contribution in [0.1, 0.15) is 48.9 Å². The molecule has 2 saturated heterocycles. The lowest BCUT2D eigenvalue weighted by atomic mass is 9.82. The topological polar surface area (TPSA) is 75.9 Å². The quantitative estimate of drug-likeness (QED) is 0.846. The molecule has 4 rings (SSSR count). The molecule has 0 aromatic heterocycles. The summed E-state index contributed by atoms with van der Waals surface area (Å²) in [7, 11) is -1.44. The third kappa shape index (κ3) is 3.39. The number of hydrogen-bond donors (Lipinski definition) is 1. The lowest BCUT2D eigenvalue weighted by Crippen LogP contribution is -2.62. The molecule has 2 N–H and O–H groups in total. The summed E-state index contributed by atoms with van der Waals surface area (Å²) in [6.45, 7) is 4.45. The first kappa shape index (κ1) is 19.2. The van der Waals surface area contributed by atoms with Crippen molar-refractivity contribution in [1.82, 2.24) is 9.21 Å². The molecule has 6 nitrogen and oxygen atoms in total. The van der Waals surface area contributed by atoms with E-state index in [0.717, 1.165) is 50.9 Å². The first-order chi connectivity index (χ1) is 12.9. The average Bonchev–Trinajstić information content (AvgIpc) is 2.66. The molecule has 0 unspecified atom stereocenters. The molecule has 0 saturated carbocycles. The summed E-state index contributed by atoms with van der Waals surface area (Å²) in [6.07, 6.45) is 4.45. The number of ether oxygens (including phenoxy) is 1. The molecule has 0 spiro atoms. The van der Waals surface area contributed by atoms with E-state index in [1.54, 1.807) is 11.4 Å². The van der Waals surface area contributed by atoms with Crippen molar-refractivity contribution >= 4 is 10.0 Å². The van der Waals surface area contributed by atoms with Crippen molar-refractivity contribution in [3.8, 4) is 5.75 Å². The second-order valence-corrected chi connectivity index (χ2v) is 10.1. The fourth-order valence-corrected chi connectivity index (χ4v) is 6.92. The lowest BCUT2D eigenvalue weighted by molar-refractivity contribution is 0.0690. The van der Waals surface area contributed by atoms with Crippen molar-refractivity contribution in [2.24, 2.45) is 5.73 Å². The Bertz CT molecular complexity index is 811. The van der Waals surface area contributed by atoms with Crippen molar-refractivity contribution in [3.63, 3.8) is 0 Å². The van der Waals surface area contributed by atoms with Gasteiger partial charge in [0.05, 0.1) is 18.9 Å². The van der Waals surface area contributed by atoms with Crippen LogP contribution in [0.25, 0.3) is 0 Å². The number of hydrogen-bond acceptors (Lipinski definition) is 5. The van der Waals surface area contributed by atoms with Gasteiger partial charge in [-0.15, -0.1) is 0 Å². The summed E-state index contributed by atoms with van der Waals surface area (Å²) in [6, 6.07) is 4.49. The van der Waals surface area contributed by atoms with E-state index in [2.05, 4.69) is 24.0 Å². The largest absolute Gasteiger partial charge is 0.496 e. The van der Waals surface area contributed by atoms with Crippen LogP contribution in [0.15, 0.2) is 12.1 Å². The number of sulfonamides is 1. The van der Waals surface area contributed by atoms with E-state index in [9.17, 15) is 8.42 Å². The maximum Gasteiger partial charge on any atom is 0.214 e. The number of piperidine rings is 1. The predicted molar refractivity (Wildman–Crippen MR) is 106 cm³/mol. The molecule has 1 aromatic carbocycles. The lowest BCUT2D eigenvalue weighted by Gasteiger charge is -2.49. The van der Waals surface area contributed by atoms with Crippen LogP contribution in [0.5, 0.6) is 5.75 Å². The Morgan fingerprint density at radius 2 is 2.07 bits per heavy atom. The van der Waals surface area contributed by atoms with Gasteiger partial charge in [0.25, 0.3) is 0 Å². The molecular weight excluding hydrogens is 362 g/mol. The van der Waals surface area contributed by atoms with Gasteiger partial charge in [-0.25, -0.2) is 8.42 Å². The summed E-state index contributed by atoms with van der Waals surface area (Å²) in [5.41, 5.74) is 10.5. The highest BCUT2D eigenvalue weighted by Crippen LogP contribution is 2.40. The molecule has 2 fully saturated rings. The van der Waals surface area contributed by atoms with Gasteiger partial charge in [-0.2, -0.15) is 4.31 Å². The summed E-state index contributed by atoms with van der Waals surface area (Å²) in [5, 5.41) is 0. The van der Waals surface area contributed by atoms with E-state index in [1.165, 1.54) is 16.7 Å². The number of rotatable bonds is 3. The number of methoxy groups -OCH3 is 1. The van der Waals surface area contributed by atoms with E-state index in [4.69, 9.17) is 10.5 Å². The number of aryl methyl sites for hydroxylation is 1. The maximum absolute atomic E-state index is 12.6. The summed E-state index contributed by atoms with van der Waals surface area (Å²) in [4.78, 5) is 2.44. The SMILES string of the molecule is CCc1cc2c(cc1OC)[C@@H]1C[C@H](N)[C@@H](N3CCCCS3(=O)=O)CN1CC2. The summed E-state index contributed by atoms with van der Waals surface area (Å²) in [5.74, 6) is 1.21. The van der Waals surface area contributed by atoms with Gasteiger partial charge in [-0.05, 0) is 54.9 Å². The Balaban J connectivity index is 1.62. The molecule has 1 aromatic rings. The Labute approximate surface area is 162 Å². The molecule has 7 heteroatoms. The van der Waals surface area contributed by atoms with Crippen molar-refractivity contribution in [1.29, 1.82) is 0 Å². The zero-order valence-electron chi connectivity index (χ0n) is 16.4. The predicted octanol–water partition coefficient (Wildman–Crippen LogP) is 1.68. The van der Waals surface area contributed by atoms with Gasteiger partial charge < -0.3 is 10.5 Å². The van der Waals surface area contributed by atoms with E-state index >= 15 is 0 Å². The van der Waals surface area contributed by atoms with Gasteiger partial charge in [0.1, 0.15) is 5.75 Å². The second kappa shape index (κ2) is 7.35. The Morgan fingerprint density at radius 1 is 1.26 bits per heavy atom. The fraction of sp³-hybridized carbons (Fsp3) is 0.700. The Hall–Kier alpha value is -1.15. The highest BCUT2D eigenvalue weighted by molar-refractivity contribution is 7.89. The van der Waals surface area contributed by atoms with Crippen molar-refractivity contribution in [3.05, 3.63) is 28.8 Å². The third-order valence-corrected chi connectivity index (χ3v) is 8.53. The zero-order chi connectivity index (χ0) is 19.2. The molecule has 3 heterocycles. The molecule has 0 radical (unpaired) electrons. The molecule has 3 aliphatic heterocycles. The van der Waals surface area contributed by atoms with Crippen LogP contribution in [0.2, 0.25) is 0 Å². The van der Waals surface area contributed by atoms with E-state index in [1.807, 2.05) is 0 Å². The Morgan fingerprint density at radius 3 is 2.78 bits per heavy atom. The highest BCUT2D eigenvalue weighted by atomic mass is 32.2. The number of nitrogens with two attached hydrogens (primary N) is 1. The van der Waals surface area contributed by atoms with E-state index in [0.29, 0.717) is 6.54 Å². The molecule has 0 amide bonds. The third-order valence-electron chi connectivity index (χ3n) is 6.56. The first-order valence-corrected chi connectivity index (χ1v) is 11.7. The minimum Gasteiger partial charge on any atom is -0.496 e. The molecule has 3 aliphatic rings. The smallest absolute Gasteiger partial charge is 0.214 e. The number of nitrogens with zero attached hydrogens (tertiary/aromatic N) is 2. The molecule has 0 aliphatic carbocycles. The van der Waals surface area contributed by atoms with Crippen LogP contribution in [0.4, 0.5) is 0 Å². The van der Waals surface area contributed by atoms with Gasteiger partial charge >= 0.3 is 0 Å². The normalized spacial score (nSPS) is 31.1. The minimum atomic E-state index is -3.17. The van der Waals surface area contributed by atoms with Crippen LogP contribution in [-0.2, 0) is 22.9 Å². The molecule has 150 valence electrons. The van der Waals surface area contributed by atoms with E-state index < -0.39 is 10.0 Å². The number of fused-ring (bicyclic) bond motifs is 3. The summed E-state index contributed by atoms with van der Waals surface area (Å²) < 4.78 is 32.5. The second-order valence-electron chi connectivity index (χ2n) is 8.08. The van der Waals surface area contributed by atoms with Crippen LogP contribution < -0.4 is 10.5 Å². The Kier molecular flexibility index (Phi) is 5.22. The zero-order valence-corrected chi connectivity index (χ0v) is 17.2. The minimum absolute atomic E-state index is 0.107.